The molecule has 0 bridgehead atoms. The van der Waals surface area contributed by atoms with Gasteiger partial charge in [0.15, 0.2) is 5.96 Å². The largest absolute Gasteiger partial charge is 0.494 e. The summed E-state index contributed by atoms with van der Waals surface area (Å²) in [6.45, 7) is 4.98. The SMILES string of the molecule is CCCOc1ccc(Oc2ncccc2CNC(=NC)NCCCn2cccn2)cc1. The molecule has 0 aliphatic carbocycles. The van der Waals surface area contributed by atoms with Crippen molar-refractivity contribution in [1.29, 1.82) is 0 Å². The Kier molecular flexibility index (Phi) is 8.72. The van der Waals surface area contributed by atoms with Gasteiger partial charge in [0.1, 0.15) is 11.5 Å². The molecule has 1 aromatic carbocycles. The van der Waals surface area contributed by atoms with E-state index in [0.717, 1.165) is 43.2 Å². The first-order chi connectivity index (χ1) is 15.3. The van der Waals surface area contributed by atoms with E-state index < -0.39 is 0 Å². The van der Waals surface area contributed by atoms with Gasteiger partial charge in [0.25, 0.3) is 0 Å². The summed E-state index contributed by atoms with van der Waals surface area (Å²) in [5.41, 5.74) is 0.938. The second kappa shape index (κ2) is 12.2. The average Bonchev–Trinajstić information content (AvgIpc) is 3.33. The maximum absolute atomic E-state index is 6.00. The van der Waals surface area contributed by atoms with E-state index in [1.807, 2.05) is 53.3 Å². The lowest BCUT2D eigenvalue weighted by Crippen LogP contribution is -2.37. The van der Waals surface area contributed by atoms with Crippen molar-refractivity contribution in [2.75, 3.05) is 20.2 Å². The molecule has 3 aromatic rings. The van der Waals surface area contributed by atoms with Crippen LogP contribution in [-0.2, 0) is 13.1 Å². The zero-order chi connectivity index (χ0) is 21.7. The van der Waals surface area contributed by atoms with E-state index in [2.05, 4.69) is 32.6 Å². The van der Waals surface area contributed by atoms with E-state index in [4.69, 9.17) is 9.47 Å². The van der Waals surface area contributed by atoms with E-state index >= 15 is 0 Å². The van der Waals surface area contributed by atoms with Crippen LogP contribution in [0, 0.1) is 0 Å². The van der Waals surface area contributed by atoms with Gasteiger partial charge in [-0.1, -0.05) is 13.0 Å². The molecule has 2 aromatic heterocycles. The molecule has 0 aliphatic heterocycles. The van der Waals surface area contributed by atoms with Crippen molar-refractivity contribution in [3.63, 3.8) is 0 Å². The minimum atomic E-state index is 0.541. The van der Waals surface area contributed by atoms with Crippen LogP contribution in [0.15, 0.2) is 66.0 Å². The molecular formula is C23H30N6O2. The lowest BCUT2D eigenvalue weighted by atomic mass is 10.2. The van der Waals surface area contributed by atoms with Gasteiger partial charge in [-0.25, -0.2) is 4.98 Å². The number of nitrogens with one attached hydrogen (secondary N) is 2. The first kappa shape index (κ1) is 22.1. The van der Waals surface area contributed by atoms with Gasteiger partial charge in [0.2, 0.25) is 5.88 Å². The van der Waals surface area contributed by atoms with Crippen molar-refractivity contribution >= 4 is 5.96 Å². The van der Waals surface area contributed by atoms with Gasteiger partial charge >= 0.3 is 0 Å². The molecule has 0 atom stereocenters. The summed E-state index contributed by atoms with van der Waals surface area (Å²) < 4.78 is 13.5. The molecule has 8 heteroatoms. The smallest absolute Gasteiger partial charge is 0.224 e. The lowest BCUT2D eigenvalue weighted by Gasteiger charge is -2.14. The first-order valence-electron chi connectivity index (χ1n) is 10.5. The van der Waals surface area contributed by atoms with Crippen LogP contribution in [0.5, 0.6) is 17.4 Å². The van der Waals surface area contributed by atoms with Crippen molar-refractivity contribution < 1.29 is 9.47 Å². The van der Waals surface area contributed by atoms with Crippen molar-refractivity contribution in [3.8, 4) is 17.4 Å². The number of aryl methyl sites for hydroxylation is 1. The van der Waals surface area contributed by atoms with Crippen molar-refractivity contribution in [2.24, 2.45) is 4.99 Å². The highest BCUT2D eigenvalue weighted by Crippen LogP contribution is 2.25. The van der Waals surface area contributed by atoms with Crippen LogP contribution in [0.3, 0.4) is 0 Å². The molecule has 0 radical (unpaired) electrons. The summed E-state index contributed by atoms with van der Waals surface area (Å²) in [6.07, 6.45) is 7.39. The predicted octanol–water partition coefficient (Wildman–Crippen LogP) is 3.61. The Hall–Kier alpha value is -3.55. The maximum Gasteiger partial charge on any atom is 0.224 e. The van der Waals surface area contributed by atoms with Crippen LogP contribution in [0.25, 0.3) is 0 Å². The molecule has 31 heavy (non-hydrogen) atoms. The highest BCUT2D eigenvalue weighted by atomic mass is 16.5. The summed E-state index contributed by atoms with van der Waals surface area (Å²) in [6, 6.07) is 13.4. The van der Waals surface area contributed by atoms with E-state index in [9.17, 15) is 0 Å². The van der Waals surface area contributed by atoms with Gasteiger partial charge in [-0.2, -0.15) is 5.10 Å². The Bertz CT molecular complexity index is 926. The Morgan fingerprint density at radius 1 is 1.06 bits per heavy atom. The fourth-order valence-electron chi connectivity index (χ4n) is 2.87. The molecule has 0 fully saturated rings. The molecule has 0 unspecified atom stereocenters. The predicted molar refractivity (Wildman–Crippen MR) is 122 cm³/mol. The van der Waals surface area contributed by atoms with Crippen LogP contribution in [0.1, 0.15) is 25.3 Å². The van der Waals surface area contributed by atoms with Crippen molar-refractivity contribution in [2.45, 2.75) is 32.9 Å². The second-order valence-electron chi connectivity index (χ2n) is 6.86. The van der Waals surface area contributed by atoms with Gasteiger partial charge < -0.3 is 20.1 Å². The third kappa shape index (κ3) is 7.33. The van der Waals surface area contributed by atoms with Gasteiger partial charge in [-0.05, 0) is 49.2 Å². The number of aliphatic imine (C=N–C) groups is 1. The standard InChI is InChI=1S/C23H30N6O2/c1-3-17-30-20-8-10-21(11-9-20)31-22-19(7-4-12-25-22)18-27-23(24-2)26-13-5-15-29-16-6-14-28-29/h4,6-12,14,16H,3,5,13,15,17-18H2,1-2H3,(H2,24,26,27). The van der Waals surface area contributed by atoms with Crippen LogP contribution >= 0.6 is 0 Å². The third-order valence-corrected chi connectivity index (χ3v) is 4.45. The summed E-state index contributed by atoms with van der Waals surface area (Å²) in [5, 5.41) is 10.8. The number of guanidine groups is 1. The molecule has 2 heterocycles. The van der Waals surface area contributed by atoms with Crippen LogP contribution < -0.4 is 20.1 Å². The number of aromatic nitrogens is 3. The summed E-state index contributed by atoms with van der Waals surface area (Å²) >= 11 is 0. The first-order valence-corrected chi connectivity index (χ1v) is 10.5. The van der Waals surface area contributed by atoms with E-state index in [1.165, 1.54) is 0 Å². The highest BCUT2D eigenvalue weighted by Gasteiger charge is 2.08. The number of ether oxygens (including phenoxy) is 2. The molecule has 0 aliphatic rings. The number of benzene rings is 1. The normalized spacial score (nSPS) is 11.2. The Labute approximate surface area is 183 Å². The van der Waals surface area contributed by atoms with Crippen molar-refractivity contribution in [3.05, 3.63) is 66.6 Å². The molecule has 0 saturated heterocycles. The zero-order valence-corrected chi connectivity index (χ0v) is 18.1. The average molecular weight is 423 g/mol. The molecule has 3 rings (SSSR count). The van der Waals surface area contributed by atoms with Crippen molar-refractivity contribution in [1.82, 2.24) is 25.4 Å². The van der Waals surface area contributed by atoms with Crippen LogP contribution in [-0.4, -0.2) is 40.9 Å². The molecule has 0 amide bonds. The van der Waals surface area contributed by atoms with E-state index in [-0.39, 0.29) is 0 Å². The monoisotopic (exact) mass is 422 g/mol. The molecule has 0 spiro atoms. The minimum Gasteiger partial charge on any atom is -0.494 e. The summed E-state index contributed by atoms with van der Waals surface area (Å²) in [7, 11) is 1.76. The Balaban J connectivity index is 1.49. The molecule has 2 N–H and O–H groups in total. The zero-order valence-electron chi connectivity index (χ0n) is 18.1. The van der Waals surface area contributed by atoms with E-state index in [0.29, 0.717) is 24.8 Å². The van der Waals surface area contributed by atoms with Gasteiger partial charge in [-0.15, -0.1) is 0 Å². The van der Waals surface area contributed by atoms with E-state index in [1.54, 1.807) is 19.4 Å². The molecule has 8 nitrogen and oxygen atoms in total. The molecular weight excluding hydrogens is 392 g/mol. The van der Waals surface area contributed by atoms with Gasteiger partial charge in [-0.3, -0.25) is 9.67 Å². The number of hydrogen-bond donors (Lipinski definition) is 2. The van der Waals surface area contributed by atoms with Gasteiger partial charge in [0, 0.05) is 50.8 Å². The lowest BCUT2D eigenvalue weighted by molar-refractivity contribution is 0.317. The third-order valence-electron chi connectivity index (χ3n) is 4.45. The van der Waals surface area contributed by atoms with Gasteiger partial charge in [0.05, 0.1) is 6.61 Å². The maximum atomic E-state index is 6.00. The fourth-order valence-corrected chi connectivity index (χ4v) is 2.87. The summed E-state index contributed by atoms with van der Waals surface area (Å²) in [5.74, 6) is 2.84. The minimum absolute atomic E-state index is 0.541. The molecule has 164 valence electrons. The van der Waals surface area contributed by atoms with Crippen LogP contribution in [0.2, 0.25) is 0 Å². The number of rotatable bonds is 11. The second-order valence-corrected chi connectivity index (χ2v) is 6.86. The Morgan fingerprint density at radius 3 is 2.65 bits per heavy atom. The number of nitrogens with zero attached hydrogens (tertiary/aromatic N) is 4. The highest BCUT2D eigenvalue weighted by molar-refractivity contribution is 5.79. The topological polar surface area (TPSA) is 85.6 Å². The fraction of sp³-hybridized carbons (Fsp3) is 0.348. The number of hydrogen-bond acceptors (Lipinski definition) is 5. The number of pyridine rings is 1. The quantitative estimate of drug-likeness (QED) is 0.279. The summed E-state index contributed by atoms with van der Waals surface area (Å²) in [4.78, 5) is 8.67. The molecule has 0 saturated carbocycles. The Morgan fingerprint density at radius 2 is 1.90 bits per heavy atom. The van der Waals surface area contributed by atoms with Crippen LogP contribution in [0.4, 0.5) is 0 Å².